The second-order valence-electron chi connectivity index (χ2n) is 3.21. The molecule has 1 N–H and O–H groups in total. The molecule has 0 heterocycles. The van der Waals surface area contributed by atoms with Crippen LogP contribution < -0.4 is 10.1 Å². The van der Waals surface area contributed by atoms with E-state index in [0.717, 1.165) is 5.56 Å². The van der Waals surface area contributed by atoms with Crippen molar-refractivity contribution in [2.24, 2.45) is 0 Å². The van der Waals surface area contributed by atoms with E-state index in [9.17, 15) is 4.79 Å². The third kappa shape index (κ3) is 3.59. The molecule has 0 aliphatic carbocycles. The van der Waals surface area contributed by atoms with Gasteiger partial charge >= 0.3 is 0 Å². The van der Waals surface area contributed by atoms with Gasteiger partial charge in [-0.15, -0.1) is 0 Å². The van der Waals surface area contributed by atoms with Crippen LogP contribution in [0.4, 0.5) is 0 Å². The van der Waals surface area contributed by atoms with E-state index in [1.54, 1.807) is 25.3 Å². The third-order valence-electron chi connectivity index (χ3n) is 2.00. The molecule has 0 bridgehead atoms. The highest BCUT2D eigenvalue weighted by Crippen LogP contribution is 2.25. The Morgan fingerprint density at radius 2 is 2.38 bits per heavy atom. The van der Waals surface area contributed by atoms with Gasteiger partial charge in [0.1, 0.15) is 12.4 Å². The standard InChI is InChI=1S/C12H14ClNO2/c1-3-6-16-11-5-4-9(7-10(11)13)8-12(15)14-2/h3-5,7H,1,6,8H2,2H3,(H,14,15). The lowest BCUT2D eigenvalue weighted by Gasteiger charge is -2.07. The summed E-state index contributed by atoms with van der Waals surface area (Å²) in [6.07, 6.45) is 1.97. The molecule has 0 atom stereocenters. The molecule has 0 aliphatic rings. The number of likely N-dealkylation sites (N-methyl/N-ethyl adjacent to an activating group) is 1. The molecule has 0 spiro atoms. The van der Waals surface area contributed by atoms with Gasteiger partial charge in [-0.2, -0.15) is 0 Å². The van der Waals surface area contributed by atoms with Crippen molar-refractivity contribution in [2.75, 3.05) is 13.7 Å². The predicted octanol–water partition coefficient (Wildman–Crippen LogP) is 2.19. The molecule has 0 saturated heterocycles. The number of amides is 1. The molecule has 86 valence electrons. The number of hydrogen-bond acceptors (Lipinski definition) is 2. The van der Waals surface area contributed by atoms with Crippen LogP contribution in [-0.4, -0.2) is 19.6 Å². The molecular formula is C12H14ClNO2. The molecule has 0 aromatic heterocycles. The molecule has 1 aromatic rings. The first-order valence-corrected chi connectivity index (χ1v) is 5.28. The quantitative estimate of drug-likeness (QED) is 0.800. The average molecular weight is 240 g/mol. The summed E-state index contributed by atoms with van der Waals surface area (Å²) in [5, 5.41) is 3.06. The summed E-state index contributed by atoms with van der Waals surface area (Å²) in [6, 6.07) is 5.30. The summed E-state index contributed by atoms with van der Waals surface area (Å²) in [6.45, 7) is 3.96. The minimum absolute atomic E-state index is 0.0455. The first-order valence-electron chi connectivity index (χ1n) is 4.90. The summed E-state index contributed by atoms with van der Waals surface area (Å²) >= 11 is 6.00. The predicted molar refractivity (Wildman–Crippen MR) is 64.9 cm³/mol. The van der Waals surface area contributed by atoms with Crippen LogP contribution in [0.15, 0.2) is 30.9 Å². The van der Waals surface area contributed by atoms with E-state index in [0.29, 0.717) is 23.8 Å². The van der Waals surface area contributed by atoms with E-state index in [-0.39, 0.29) is 5.91 Å². The number of carbonyl (C=O) groups excluding carboxylic acids is 1. The van der Waals surface area contributed by atoms with E-state index in [2.05, 4.69) is 11.9 Å². The maximum absolute atomic E-state index is 11.2. The Hall–Kier alpha value is -1.48. The van der Waals surface area contributed by atoms with Crippen LogP contribution >= 0.6 is 11.6 Å². The van der Waals surface area contributed by atoms with Crippen LogP contribution in [0.1, 0.15) is 5.56 Å². The zero-order chi connectivity index (χ0) is 12.0. The Bertz CT molecular complexity index is 391. The second-order valence-corrected chi connectivity index (χ2v) is 3.62. The summed E-state index contributed by atoms with van der Waals surface area (Å²) in [4.78, 5) is 11.2. The monoisotopic (exact) mass is 239 g/mol. The van der Waals surface area contributed by atoms with Crippen LogP contribution in [0.5, 0.6) is 5.75 Å². The number of hydrogen-bond donors (Lipinski definition) is 1. The number of nitrogens with one attached hydrogen (secondary N) is 1. The van der Waals surface area contributed by atoms with Gasteiger partial charge in [0.05, 0.1) is 11.4 Å². The number of ether oxygens (including phenoxy) is 1. The van der Waals surface area contributed by atoms with E-state index >= 15 is 0 Å². The van der Waals surface area contributed by atoms with Gasteiger partial charge in [0.15, 0.2) is 0 Å². The summed E-state index contributed by atoms with van der Waals surface area (Å²) in [7, 11) is 1.60. The van der Waals surface area contributed by atoms with Crippen molar-refractivity contribution in [2.45, 2.75) is 6.42 Å². The normalized spacial score (nSPS) is 9.62. The van der Waals surface area contributed by atoms with Gasteiger partial charge in [-0.05, 0) is 17.7 Å². The number of halogens is 1. The second kappa shape index (κ2) is 6.18. The van der Waals surface area contributed by atoms with Crippen LogP contribution in [0, 0.1) is 0 Å². The van der Waals surface area contributed by atoms with Gasteiger partial charge in [0, 0.05) is 7.05 Å². The molecule has 0 unspecified atom stereocenters. The Balaban J connectivity index is 2.74. The zero-order valence-corrected chi connectivity index (χ0v) is 9.88. The zero-order valence-electron chi connectivity index (χ0n) is 9.13. The summed E-state index contributed by atoms with van der Waals surface area (Å²) < 4.78 is 5.32. The van der Waals surface area contributed by atoms with Crippen LogP contribution in [0.2, 0.25) is 5.02 Å². The fraction of sp³-hybridized carbons (Fsp3) is 0.250. The molecule has 1 rings (SSSR count). The van der Waals surface area contributed by atoms with E-state index in [4.69, 9.17) is 16.3 Å². The highest BCUT2D eigenvalue weighted by Gasteiger charge is 2.05. The lowest BCUT2D eigenvalue weighted by atomic mass is 10.1. The first kappa shape index (κ1) is 12.6. The van der Waals surface area contributed by atoms with E-state index in [1.165, 1.54) is 0 Å². The van der Waals surface area contributed by atoms with Gasteiger partial charge in [-0.1, -0.05) is 30.3 Å². The van der Waals surface area contributed by atoms with Crippen molar-refractivity contribution >= 4 is 17.5 Å². The maximum atomic E-state index is 11.2. The first-order chi connectivity index (χ1) is 7.67. The molecular weight excluding hydrogens is 226 g/mol. The van der Waals surface area contributed by atoms with Crippen molar-refractivity contribution in [1.82, 2.24) is 5.32 Å². The van der Waals surface area contributed by atoms with Gasteiger partial charge in [0.25, 0.3) is 0 Å². The maximum Gasteiger partial charge on any atom is 0.224 e. The molecule has 0 fully saturated rings. The van der Waals surface area contributed by atoms with E-state index in [1.807, 2.05) is 6.07 Å². The van der Waals surface area contributed by atoms with Crippen LogP contribution in [-0.2, 0) is 11.2 Å². The van der Waals surface area contributed by atoms with Crippen LogP contribution in [0.25, 0.3) is 0 Å². The number of rotatable bonds is 5. The van der Waals surface area contributed by atoms with Crippen molar-refractivity contribution in [3.63, 3.8) is 0 Å². The minimum atomic E-state index is -0.0455. The Morgan fingerprint density at radius 1 is 1.62 bits per heavy atom. The van der Waals surface area contributed by atoms with Gasteiger partial charge in [-0.25, -0.2) is 0 Å². The van der Waals surface area contributed by atoms with Gasteiger partial charge in [0.2, 0.25) is 5.91 Å². The fourth-order valence-corrected chi connectivity index (χ4v) is 1.45. The van der Waals surface area contributed by atoms with Crippen molar-refractivity contribution in [1.29, 1.82) is 0 Å². The molecule has 1 aromatic carbocycles. The van der Waals surface area contributed by atoms with Gasteiger partial charge < -0.3 is 10.1 Å². The molecule has 16 heavy (non-hydrogen) atoms. The van der Waals surface area contributed by atoms with Gasteiger partial charge in [-0.3, -0.25) is 4.79 Å². The topological polar surface area (TPSA) is 38.3 Å². The van der Waals surface area contributed by atoms with Crippen molar-refractivity contribution < 1.29 is 9.53 Å². The Labute approximate surface area is 100 Å². The third-order valence-corrected chi connectivity index (χ3v) is 2.29. The molecule has 0 aliphatic heterocycles. The average Bonchev–Trinajstić information content (AvgIpc) is 2.28. The number of benzene rings is 1. The minimum Gasteiger partial charge on any atom is -0.488 e. The molecule has 0 radical (unpaired) electrons. The van der Waals surface area contributed by atoms with Crippen molar-refractivity contribution in [3.05, 3.63) is 41.4 Å². The van der Waals surface area contributed by atoms with Crippen molar-refractivity contribution in [3.8, 4) is 5.75 Å². The SMILES string of the molecule is C=CCOc1ccc(CC(=O)NC)cc1Cl. The number of carbonyl (C=O) groups is 1. The largest absolute Gasteiger partial charge is 0.488 e. The molecule has 3 nitrogen and oxygen atoms in total. The Morgan fingerprint density at radius 3 is 2.94 bits per heavy atom. The highest BCUT2D eigenvalue weighted by molar-refractivity contribution is 6.32. The molecule has 1 amide bonds. The summed E-state index contributed by atoms with van der Waals surface area (Å²) in [5.74, 6) is 0.554. The van der Waals surface area contributed by atoms with Crippen LogP contribution in [0.3, 0.4) is 0 Å². The summed E-state index contributed by atoms with van der Waals surface area (Å²) in [5.41, 5.74) is 0.857. The molecule has 0 saturated carbocycles. The smallest absolute Gasteiger partial charge is 0.224 e. The highest BCUT2D eigenvalue weighted by atomic mass is 35.5. The van der Waals surface area contributed by atoms with E-state index < -0.39 is 0 Å². The fourth-order valence-electron chi connectivity index (χ4n) is 1.19. The molecule has 4 heteroatoms. The lowest BCUT2D eigenvalue weighted by Crippen LogP contribution is -2.19. The lowest BCUT2D eigenvalue weighted by molar-refractivity contribution is -0.119. The Kier molecular flexibility index (Phi) is 4.86.